The zero-order chi connectivity index (χ0) is 27.4. The van der Waals surface area contributed by atoms with Crippen molar-refractivity contribution in [1.82, 2.24) is 4.98 Å². The fourth-order valence-electron chi connectivity index (χ4n) is 4.14. The van der Waals surface area contributed by atoms with Gasteiger partial charge >= 0.3 is 11.9 Å². The summed E-state index contributed by atoms with van der Waals surface area (Å²) < 4.78 is 16.1. The van der Waals surface area contributed by atoms with Crippen molar-refractivity contribution in [2.24, 2.45) is 0 Å². The Morgan fingerprint density at radius 3 is 2.47 bits per heavy atom. The Bertz CT molecular complexity index is 1390. The molecular formula is C28H28N2O7S. The molecule has 1 amide bonds. The standard InChI is InChI=1S/C28H28N2O7S/c1-5-14-37-20-9-7-8-18(15-20)22-21(23(31)17-10-12-19(13-11-17)36-6-2)24(32)26(33)30(22)28-29-16(3)25(38-28)27(34)35-4/h7-13,15,22,31H,5-6,14H2,1-4H3/b23-21+. The number of carbonyl (C=O) groups excluding carboxylic acids is 3. The molecular weight excluding hydrogens is 508 g/mol. The maximum Gasteiger partial charge on any atom is 0.350 e. The Morgan fingerprint density at radius 2 is 1.82 bits per heavy atom. The van der Waals surface area contributed by atoms with Gasteiger partial charge < -0.3 is 19.3 Å². The summed E-state index contributed by atoms with van der Waals surface area (Å²) in [5, 5.41) is 11.5. The topological polar surface area (TPSA) is 115 Å². The molecule has 1 fully saturated rings. The summed E-state index contributed by atoms with van der Waals surface area (Å²) in [5.74, 6) is -1.50. The minimum Gasteiger partial charge on any atom is -0.507 e. The molecule has 10 heteroatoms. The van der Waals surface area contributed by atoms with E-state index in [1.54, 1.807) is 55.5 Å². The van der Waals surface area contributed by atoms with Crippen LogP contribution in [0.15, 0.2) is 54.1 Å². The number of methoxy groups -OCH3 is 1. The summed E-state index contributed by atoms with van der Waals surface area (Å²) in [7, 11) is 1.26. The van der Waals surface area contributed by atoms with Crippen molar-refractivity contribution in [2.75, 3.05) is 25.2 Å². The molecule has 0 bridgehead atoms. The molecule has 1 aromatic heterocycles. The monoisotopic (exact) mass is 536 g/mol. The van der Waals surface area contributed by atoms with Crippen molar-refractivity contribution in [1.29, 1.82) is 0 Å². The maximum absolute atomic E-state index is 13.4. The molecule has 0 saturated carbocycles. The highest BCUT2D eigenvalue weighted by molar-refractivity contribution is 7.17. The number of thiazole rings is 1. The van der Waals surface area contributed by atoms with E-state index < -0.39 is 23.7 Å². The fraction of sp³-hybridized carbons (Fsp3) is 0.286. The van der Waals surface area contributed by atoms with E-state index in [2.05, 4.69) is 4.98 Å². The van der Waals surface area contributed by atoms with E-state index in [0.29, 0.717) is 41.5 Å². The Labute approximate surface area is 224 Å². The van der Waals surface area contributed by atoms with Gasteiger partial charge in [-0.1, -0.05) is 30.4 Å². The van der Waals surface area contributed by atoms with Crippen LogP contribution in [0.25, 0.3) is 5.76 Å². The molecule has 0 spiro atoms. The molecule has 38 heavy (non-hydrogen) atoms. The molecule has 1 unspecified atom stereocenters. The first-order valence-corrected chi connectivity index (χ1v) is 12.9. The van der Waals surface area contributed by atoms with Gasteiger partial charge in [-0.25, -0.2) is 9.78 Å². The van der Waals surface area contributed by atoms with Gasteiger partial charge in [-0.15, -0.1) is 0 Å². The van der Waals surface area contributed by atoms with Crippen LogP contribution in [0.5, 0.6) is 11.5 Å². The number of hydrogen-bond acceptors (Lipinski definition) is 9. The molecule has 1 aliphatic heterocycles. The van der Waals surface area contributed by atoms with Crippen LogP contribution in [0.1, 0.15) is 52.8 Å². The Hall–Kier alpha value is -4.18. The summed E-state index contributed by atoms with van der Waals surface area (Å²) in [6.07, 6.45) is 0.801. The van der Waals surface area contributed by atoms with Crippen LogP contribution in [0, 0.1) is 6.92 Å². The number of ether oxygens (including phenoxy) is 3. The van der Waals surface area contributed by atoms with Gasteiger partial charge in [0.1, 0.15) is 22.1 Å². The Balaban J connectivity index is 1.89. The lowest BCUT2D eigenvalue weighted by atomic mass is 9.95. The number of anilines is 1. The number of nitrogens with zero attached hydrogens (tertiary/aromatic N) is 2. The SMILES string of the molecule is CCCOc1cccc(C2/C(=C(\O)c3ccc(OCC)cc3)C(=O)C(=O)N2c2nc(C)c(C(=O)OC)s2)c1. The Morgan fingerprint density at radius 1 is 1.08 bits per heavy atom. The van der Waals surface area contributed by atoms with Crippen LogP contribution < -0.4 is 14.4 Å². The van der Waals surface area contributed by atoms with E-state index in [1.807, 2.05) is 13.8 Å². The van der Waals surface area contributed by atoms with Gasteiger partial charge in [0.05, 0.1) is 37.6 Å². The summed E-state index contributed by atoms with van der Waals surface area (Å²) in [6, 6.07) is 12.6. The number of Topliss-reactive ketones (excluding diaryl/α,β-unsaturated/α-hetero) is 1. The number of aryl methyl sites for hydroxylation is 1. The van der Waals surface area contributed by atoms with Gasteiger partial charge in [-0.3, -0.25) is 14.5 Å². The molecule has 4 rings (SSSR count). The lowest BCUT2D eigenvalue weighted by Crippen LogP contribution is -2.29. The van der Waals surface area contributed by atoms with Crippen molar-refractivity contribution in [3.8, 4) is 11.5 Å². The highest BCUT2D eigenvalue weighted by atomic mass is 32.1. The zero-order valence-corrected chi connectivity index (χ0v) is 22.3. The molecule has 2 aromatic carbocycles. The van der Waals surface area contributed by atoms with Crippen LogP contribution in [0.3, 0.4) is 0 Å². The number of aliphatic hydroxyl groups is 1. The molecule has 1 N–H and O–H groups in total. The lowest BCUT2D eigenvalue weighted by molar-refractivity contribution is -0.132. The molecule has 1 aliphatic rings. The Kier molecular flexibility index (Phi) is 8.11. The number of rotatable bonds is 9. The molecule has 9 nitrogen and oxygen atoms in total. The molecule has 0 radical (unpaired) electrons. The van der Waals surface area contributed by atoms with Gasteiger partial charge in [0.15, 0.2) is 5.13 Å². The third-order valence-corrected chi connectivity index (χ3v) is 7.03. The number of benzene rings is 2. The predicted octanol–water partition coefficient (Wildman–Crippen LogP) is 5.05. The van der Waals surface area contributed by atoms with Crippen LogP contribution in [0.4, 0.5) is 5.13 Å². The van der Waals surface area contributed by atoms with Crippen molar-refractivity contribution in [3.63, 3.8) is 0 Å². The second-order valence-corrected chi connectivity index (χ2v) is 9.43. The average Bonchev–Trinajstić information content (AvgIpc) is 3.43. The molecule has 1 atom stereocenters. The fourth-order valence-corrected chi connectivity index (χ4v) is 5.15. The summed E-state index contributed by atoms with van der Waals surface area (Å²) >= 11 is 0.944. The number of aromatic nitrogens is 1. The van der Waals surface area contributed by atoms with Crippen molar-refractivity contribution in [3.05, 3.63) is 75.8 Å². The van der Waals surface area contributed by atoms with Crippen LogP contribution in [0.2, 0.25) is 0 Å². The largest absolute Gasteiger partial charge is 0.507 e. The first-order chi connectivity index (χ1) is 18.3. The molecule has 198 valence electrons. The summed E-state index contributed by atoms with van der Waals surface area (Å²) in [5.41, 5.74) is 1.15. The normalized spacial score (nSPS) is 16.5. The van der Waals surface area contributed by atoms with Crippen molar-refractivity contribution < 1.29 is 33.7 Å². The molecule has 2 heterocycles. The minimum absolute atomic E-state index is 0.0979. The van der Waals surface area contributed by atoms with E-state index in [1.165, 1.54) is 12.0 Å². The number of ketones is 1. The van der Waals surface area contributed by atoms with Gasteiger partial charge in [-0.2, -0.15) is 0 Å². The van der Waals surface area contributed by atoms with Crippen LogP contribution in [-0.4, -0.2) is 48.1 Å². The summed E-state index contributed by atoms with van der Waals surface area (Å²) in [4.78, 5) is 44.9. The van der Waals surface area contributed by atoms with Crippen molar-refractivity contribution in [2.45, 2.75) is 33.2 Å². The quantitative estimate of drug-likeness (QED) is 0.175. The third-order valence-electron chi connectivity index (χ3n) is 5.89. The van der Waals surface area contributed by atoms with E-state index in [9.17, 15) is 19.5 Å². The number of aliphatic hydroxyl groups excluding tert-OH is 1. The summed E-state index contributed by atoms with van der Waals surface area (Å²) in [6.45, 7) is 6.44. The van der Waals surface area contributed by atoms with Crippen LogP contribution >= 0.6 is 11.3 Å². The zero-order valence-electron chi connectivity index (χ0n) is 21.5. The van der Waals surface area contributed by atoms with Gasteiger partial charge in [0.2, 0.25) is 0 Å². The first kappa shape index (κ1) is 26.9. The van der Waals surface area contributed by atoms with E-state index in [0.717, 1.165) is 17.8 Å². The van der Waals surface area contributed by atoms with Crippen molar-refractivity contribution >= 4 is 39.9 Å². The number of hydrogen-bond donors (Lipinski definition) is 1. The average molecular weight is 537 g/mol. The minimum atomic E-state index is -1.01. The lowest BCUT2D eigenvalue weighted by Gasteiger charge is -2.23. The highest BCUT2D eigenvalue weighted by Gasteiger charge is 2.48. The predicted molar refractivity (Wildman–Crippen MR) is 143 cm³/mol. The second-order valence-electron chi connectivity index (χ2n) is 8.45. The van der Waals surface area contributed by atoms with Gasteiger partial charge in [0.25, 0.3) is 5.78 Å². The molecule has 1 saturated heterocycles. The first-order valence-electron chi connectivity index (χ1n) is 12.1. The van der Waals surface area contributed by atoms with Gasteiger partial charge in [-0.05, 0) is 62.2 Å². The van der Waals surface area contributed by atoms with E-state index in [-0.39, 0.29) is 21.3 Å². The highest BCUT2D eigenvalue weighted by Crippen LogP contribution is 2.44. The number of carbonyl (C=O) groups is 3. The maximum atomic E-state index is 13.4. The molecule has 3 aromatic rings. The van der Waals surface area contributed by atoms with E-state index >= 15 is 0 Å². The third kappa shape index (κ3) is 5.12. The molecule has 0 aliphatic carbocycles. The van der Waals surface area contributed by atoms with Gasteiger partial charge in [0, 0.05) is 5.56 Å². The second kappa shape index (κ2) is 11.5. The number of esters is 1. The smallest absolute Gasteiger partial charge is 0.350 e. The van der Waals surface area contributed by atoms with E-state index in [4.69, 9.17) is 14.2 Å². The van der Waals surface area contributed by atoms with Crippen LogP contribution in [-0.2, 0) is 14.3 Å². The number of amides is 1.